The third kappa shape index (κ3) is 3.97. The van der Waals surface area contributed by atoms with Crippen molar-refractivity contribution in [2.75, 3.05) is 11.6 Å². The van der Waals surface area contributed by atoms with Crippen LogP contribution in [0.3, 0.4) is 0 Å². The first kappa shape index (κ1) is 18.6. The molecule has 1 aliphatic rings. The van der Waals surface area contributed by atoms with E-state index in [-0.39, 0.29) is 17.2 Å². The fourth-order valence-electron chi connectivity index (χ4n) is 3.17. The van der Waals surface area contributed by atoms with Crippen molar-refractivity contribution < 1.29 is 13.2 Å². The van der Waals surface area contributed by atoms with Crippen LogP contribution in [0.2, 0.25) is 0 Å². The average molecular weight is 389 g/mol. The highest BCUT2D eigenvalue weighted by molar-refractivity contribution is 7.90. The second-order valence-corrected chi connectivity index (χ2v) is 9.93. The van der Waals surface area contributed by atoms with Crippen molar-refractivity contribution >= 4 is 32.1 Å². The molecule has 0 saturated carbocycles. The summed E-state index contributed by atoms with van der Waals surface area (Å²) in [5.41, 5.74) is 2.41. The van der Waals surface area contributed by atoms with E-state index in [0.717, 1.165) is 36.6 Å². The van der Waals surface area contributed by atoms with Crippen molar-refractivity contribution in [3.05, 3.63) is 45.8 Å². The number of hydrogen-bond donors (Lipinski definition) is 1. The topological polar surface area (TPSA) is 87.0 Å². The molecule has 0 saturated heterocycles. The zero-order valence-corrected chi connectivity index (χ0v) is 16.3. The van der Waals surface area contributed by atoms with Gasteiger partial charge >= 0.3 is 0 Å². The number of carbonyl (C=O) groups is 1. The number of nitrogens with one attached hydrogen (secondary N) is 1. The lowest BCUT2D eigenvalue weighted by molar-refractivity contribution is -0.115. The molecule has 26 heavy (non-hydrogen) atoms. The summed E-state index contributed by atoms with van der Waals surface area (Å²) in [6, 6.07) is 8.53. The Labute approximate surface area is 157 Å². The maximum atomic E-state index is 12.4. The molecule has 1 unspecified atom stereocenters. The van der Waals surface area contributed by atoms with Crippen LogP contribution < -0.4 is 5.32 Å². The number of hydrogen-bond acceptors (Lipinski definition) is 5. The van der Waals surface area contributed by atoms with E-state index in [4.69, 9.17) is 0 Å². The molecule has 1 aromatic carbocycles. The van der Waals surface area contributed by atoms with Crippen LogP contribution in [0.15, 0.2) is 29.2 Å². The van der Waals surface area contributed by atoms with E-state index in [1.165, 1.54) is 28.3 Å². The van der Waals surface area contributed by atoms with Crippen molar-refractivity contribution in [3.63, 3.8) is 0 Å². The molecule has 0 spiro atoms. The zero-order valence-electron chi connectivity index (χ0n) is 14.7. The number of anilines is 1. The summed E-state index contributed by atoms with van der Waals surface area (Å²) < 4.78 is 23.0. The molecule has 0 aliphatic heterocycles. The number of carbonyl (C=O) groups excluding carboxylic acids is 1. The van der Waals surface area contributed by atoms with Crippen molar-refractivity contribution in [1.82, 2.24) is 0 Å². The largest absolute Gasteiger partial charge is 0.316 e. The second-order valence-electron chi connectivity index (χ2n) is 6.81. The number of benzene rings is 1. The minimum Gasteiger partial charge on any atom is -0.316 e. The van der Waals surface area contributed by atoms with E-state index < -0.39 is 9.84 Å². The maximum Gasteiger partial charge on any atom is 0.229 e. The zero-order chi connectivity index (χ0) is 18.9. The van der Waals surface area contributed by atoms with Gasteiger partial charge in [-0.05, 0) is 48.4 Å². The van der Waals surface area contributed by atoms with Crippen LogP contribution in [0.1, 0.15) is 34.9 Å². The van der Waals surface area contributed by atoms with Gasteiger partial charge < -0.3 is 5.32 Å². The van der Waals surface area contributed by atoms with Crippen LogP contribution in [0, 0.1) is 17.2 Å². The molecule has 1 heterocycles. The van der Waals surface area contributed by atoms with Gasteiger partial charge in [-0.3, -0.25) is 4.79 Å². The second kappa shape index (κ2) is 7.22. The number of rotatable bonds is 4. The Morgan fingerprint density at radius 1 is 1.35 bits per heavy atom. The summed E-state index contributed by atoms with van der Waals surface area (Å²) in [7, 11) is -3.25. The van der Waals surface area contributed by atoms with E-state index in [9.17, 15) is 18.5 Å². The third-order valence-electron chi connectivity index (χ3n) is 4.59. The molecular formula is C19H20N2O3S2. The van der Waals surface area contributed by atoms with E-state index in [2.05, 4.69) is 18.3 Å². The molecule has 0 fully saturated rings. The summed E-state index contributed by atoms with van der Waals surface area (Å²) in [5, 5.41) is 13.0. The number of thiophene rings is 1. The van der Waals surface area contributed by atoms with Crippen LogP contribution in [0.25, 0.3) is 0 Å². The number of amides is 1. The van der Waals surface area contributed by atoms with Crippen LogP contribution >= 0.6 is 11.3 Å². The van der Waals surface area contributed by atoms with Gasteiger partial charge in [0.15, 0.2) is 9.84 Å². The number of nitrogens with zero attached hydrogens (tertiary/aromatic N) is 1. The van der Waals surface area contributed by atoms with Crippen LogP contribution in [-0.4, -0.2) is 20.6 Å². The molecule has 1 aliphatic carbocycles. The maximum absolute atomic E-state index is 12.4. The Kier molecular flexibility index (Phi) is 5.17. The first-order valence-electron chi connectivity index (χ1n) is 8.41. The SMILES string of the molecule is CC1CCc2c(sc(NC(=O)Cc3ccc(S(C)(=O)=O)cc3)c2C#N)C1. The molecule has 1 N–H and O–H groups in total. The molecule has 0 radical (unpaired) electrons. The Balaban J connectivity index is 1.74. The monoisotopic (exact) mass is 388 g/mol. The minimum absolute atomic E-state index is 0.133. The van der Waals surface area contributed by atoms with Crippen LogP contribution in [0.4, 0.5) is 5.00 Å². The lowest BCUT2D eigenvalue weighted by atomic mass is 9.88. The fourth-order valence-corrected chi connectivity index (χ4v) is 5.18. The predicted molar refractivity (Wildman–Crippen MR) is 102 cm³/mol. The smallest absolute Gasteiger partial charge is 0.229 e. The molecule has 0 bridgehead atoms. The third-order valence-corrected chi connectivity index (χ3v) is 6.89. The quantitative estimate of drug-likeness (QED) is 0.870. The van der Waals surface area contributed by atoms with Gasteiger partial charge in [0.05, 0.1) is 16.9 Å². The predicted octanol–water partition coefficient (Wildman–Crippen LogP) is 3.33. The van der Waals surface area contributed by atoms with Gasteiger partial charge in [0.25, 0.3) is 0 Å². The Hall–Kier alpha value is -2.17. The summed E-state index contributed by atoms with van der Waals surface area (Å²) in [6.07, 6.45) is 4.19. The summed E-state index contributed by atoms with van der Waals surface area (Å²) in [6.45, 7) is 2.20. The highest BCUT2D eigenvalue weighted by Gasteiger charge is 2.24. The van der Waals surface area contributed by atoms with Crippen molar-refractivity contribution in [2.24, 2.45) is 5.92 Å². The number of nitriles is 1. The van der Waals surface area contributed by atoms with Crippen molar-refractivity contribution in [1.29, 1.82) is 5.26 Å². The van der Waals surface area contributed by atoms with Gasteiger partial charge in [0.2, 0.25) is 5.91 Å². The number of sulfone groups is 1. The Bertz CT molecular complexity index is 983. The van der Waals surface area contributed by atoms with E-state index >= 15 is 0 Å². The van der Waals surface area contributed by atoms with Gasteiger partial charge in [-0.15, -0.1) is 11.3 Å². The lowest BCUT2D eigenvalue weighted by Crippen LogP contribution is -2.14. The summed E-state index contributed by atoms with van der Waals surface area (Å²) in [4.78, 5) is 13.8. The summed E-state index contributed by atoms with van der Waals surface area (Å²) >= 11 is 1.50. The van der Waals surface area contributed by atoms with Crippen molar-refractivity contribution in [2.45, 2.75) is 37.5 Å². The van der Waals surface area contributed by atoms with E-state index in [1.807, 2.05) is 0 Å². The molecule has 136 valence electrons. The van der Waals surface area contributed by atoms with Gasteiger partial charge in [-0.1, -0.05) is 19.1 Å². The van der Waals surface area contributed by atoms with Crippen molar-refractivity contribution in [3.8, 4) is 6.07 Å². The average Bonchev–Trinajstić information content (AvgIpc) is 2.90. The summed E-state index contributed by atoms with van der Waals surface area (Å²) in [5.74, 6) is 0.393. The molecule has 5 nitrogen and oxygen atoms in total. The normalized spacial score (nSPS) is 16.6. The number of fused-ring (bicyclic) bond motifs is 1. The molecule has 2 aromatic rings. The van der Waals surface area contributed by atoms with Crippen LogP contribution in [0.5, 0.6) is 0 Å². The molecule has 1 amide bonds. The van der Waals surface area contributed by atoms with E-state index in [0.29, 0.717) is 16.5 Å². The van der Waals surface area contributed by atoms with Gasteiger partial charge in [-0.2, -0.15) is 5.26 Å². The van der Waals surface area contributed by atoms with Crippen LogP contribution in [-0.2, 0) is 33.9 Å². The first-order valence-corrected chi connectivity index (χ1v) is 11.1. The first-order chi connectivity index (χ1) is 12.3. The van der Waals surface area contributed by atoms with Gasteiger partial charge in [-0.25, -0.2) is 8.42 Å². The fraction of sp³-hybridized carbons (Fsp3) is 0.368. The molecule has 1 atom stereocenters. The highest BCUT2D eigenvalue weighted by Crippen LogP contribution is 2.39. The molecular weight excluding hydrogens is 368 g/mol. The Morgan fingerprint density at radius 3 is 2.65 bits per heavy atom. The minimum atomic E-state index is -3.25. The Morgan fingerprint density at radius 2 is 2.04 bits per heavy atom. The molecule has 3 rings (SSSR count). The standard InChI is InChI=1S/C19H20N2O3S2/c1-12-3-8-15-16(11-20)19(25-17(15)9-12)21-18(22)10-13-4-6-14(7-5-13)26(2,23)24/h4-7,12H,3,8-10H2,1-2H3,(H,21,22). The van der Waals surface area contributed by atoms with E-state index in [1.54, 1.807) is 12.1 Å². The molecule has 1 aromatic heterocycles. The highest BCUT2D eigenvalue weighted by atomic mass is 32.2. The lowest BCUT2D eigenvalue weighted by Gasteiger charge is -2.17. The van der Waals surface area contributed by atoms with Gasteiger partial charge in [0, 0.05) is 11.1 Å². The van der Waals surface area contributed by atoms with Gasteiger partial charge in [0.1, 0.15) is 11.1 Å². The molecule has 7 heteroatoms.